The van der Waals surface area contributed by atoms with Crippen LogP contribution >= 0.6 is 0 Å². The molecule has 1 amide bonds. The molecule has 0 saturated carbocycles. The summed E-state index contributed by atoms with van der Waals surface area (Å²) in [5.41, 5.74) is 0.876. The minimum absolute atomic E-state index is 0.0233. The van der Waals surface area contributed by atoms with Gasteiger partial charge in [0.25, 0.3) is 0 Å². The van der Waals surface area contributed by atoms with E-state index in [-0.39, 0.29) is 24.3 Å². The summed E-state index contributed by atoms with van der Waals surface area (Å²) in [6.45, 7) is 0.819. The molecular formula is C13H16FNO3. The number of piperidine rings is 1. The van der Waals surface area contributed by atoms with E-state index in [1.807, 2.05) is 0 Å². The van der Waals surface area contributed by atoms with Gasteiger partial charge in [-0.2, -0.15) is 0 Å². The van der Waals surface area contributed by atoms with Gasteiger partial charge in [0.2, 0.25) is 0 Å². The molecule has 1 fully saturated rings. The zero-order valence-corrected chi connectivity index (χ0v) is 9.92. The lowest BCUT2D eigenvalue weighted by atomic mass is 9.81. The van der Waals surface area contributed by atoms with E-state index in [9.17, 15) is 14.3 Å². The van der Waals surface area contributed by atoms with Gasteiger partial charge in [0.1, 0.15) is 5.82 Å². The Morgan fingerprint density at radius 1 is 1.39 bits per heavy atom. The molecule has 0 bridgehead atoms. The van der Waals surface area contributed by atoms with Crippen LogP contribution < -0.4 is 0 Å². The van der Waals surface area contributed by atoms with Crippen LogP contribution in [0.3, 0.4) is 0 Å². The van der Waals surface area contributed by atoms with Gasteiger partial charge in [-0.3, -0.25) is 0 Å². The van der Waals surface area contributed by atoms with Gasteiger partial charge in [0.15, 0.2) is 0 Å². The number of aliphatic hydroxyl groups is 1. The van der Waals surface area contributed by atoms with Gasteiger partial charge in [-0.25, -0.2) is 9.18 Å². The molecule has 2 N–H and O–H groups in total. The average molecular weight is 253 g/mol. The molecule has 2 atom stereocenters. The van der Waals surface area contributed by atoms with Crippen LogP contribution in [0.25, 0.3) is 0 Å². The van der Waals surface area contributed by atoms with Gasteiger partial charge in [0, 0.05) is 25.6 Å². The molecule has 5 heteroatoms. The molecule has 1 aromatic carbocycles. The number of hydrogen-bond donors (Lipinski definition) is 2. The number of nitrogens with zero attached hydrogens (tertiary/aromatic N) is 1. The van der Waals surface area contributed by atoms with Gasteiger partial charge in [-0.05, 0) is 30.0 Å². The minimum atomic E-state index is -0.946. The predicted molar refractivity (Wildman–Crippen MR) is 63.9 cm³/mol. The molecule has 0 spiro atoms. The number of halogens is 1. The van der Waals surface area contributed by atoms with Crippen molar-refractivity contribution in [3.63, 3.8) is 0 Å². The second kappa shape index (κ2) is 5.35. The lowest BCUT2D eigenvalue weighted by Gasteiger charge is -2.36. The van der Waals surface area contributed by atoms with Gasteiger partial charge < -0.3 is 15.1 Å². The van der Waals surface area contributed by atoms with Crippen LogP contribution in [0.4, 0.5) is 9.18 Å². The summed E-state index contributed by atoms with van der Waals surface area (Å²) in [7, 11) is 0. The van der Waals surface area contributed by atoms with Crippen molar-refractivity contribution in [2.24, 2.45) is 5.92 Å². The quantitative estimate of drug-likeness (QED) is 0.846. The minimum Gasteiger partial charge on any atom is -0.465 e. The van der Waals surface area contributed by atoms with Crippen LogP contribution in [0.1, 0.15) is 17.9 Å². The number of carboxylic acid groups (broad SMARTS) is 1. The van der Waals surface area contributed by atoms with Crippen molar-refractivity contribution in [1.29, 1.82) is 0 Å². The zero-order valence-electron chi connectivity index (χ0n) is 9.92. The molecule has 1 aromatic rings. The first-order chi connectivity index (χ1) is 8.61. The maximum Gasteiger partial charge on any atom is 0.407 e. The van der Waals surface area contributed by atoms with Crippen LogP contribution in [-0.4, -0.2) is 40.9 Å². The Morgan fingerprint density at radius 3 is 2.61 bits per heavy atom. The summed E-state index contributed by atoms with van der Waals surface area (Å²) in [5.74, 6) is -0.350. The third-order valence-corrected chi connectivity index (χ3v) is 3.56. The van der Waals surface area contributed by atoms with Crippen molar-refractivity contribution in [1.82, 2.24) is 4.90 Å². The van der Waals surface area contributed by atoms with Crippen molar-refractivity contribution >= 4 is 6.09 Å². The van der Waals surface area contributed by atoms with Crippen LogP contribution in [0.15, 0.2) is 24.3 Å². The summed E-state index contributed by atoms with van der Waals surface area (Å²) in [6, 6.07) is 6.05. The fourth-order valence-electron chi connectivity index (χ4n) is 2.48. The highest BCUT2D eigenvalue weighted by Crippen LogP contribution is 2.32. The summed E-state index contributed by atoms with van der Waals surface area (Å²) < 4.78 is 12.9. The van der Waals surface area contributed by atoms with E-state index >= 15 is 0 Å². The predicted octanol–water partition coefficient (Wildman–Crippen LogP) is 1.90. The molecule has 2 rings (SSSR count). The number of amides is 1. The second-order valence-electron chi connectivity index (χ2n) is 4.62. The smallest absolute Gasteiger partial charge is 0.407 e. The van der Waals surface area contributed by atoms with Crippen LogP contribution in [0.5, 0.6) is 0 Å². The number of benzene rings is 1. The van der Waals surface area contributed by atoms with Crippen LogP contribution in [0.2, 0.25) is 0 Å². The maximum atomic E-state index is 12.9. The number of rotatable bonds is 2. The van der Waals surface area contributed by atoms with Crippen molar-refractivity contribution in [2.75, 3.05) is 19.7 Å². The Hall–Kier alpha value is -1.62. The number of aliphatic hydroxyl groups excluding tert-OH is 1. The third kappa shape index (κ3) is 2.61. The van der Waals surface area contributed by atoms with Crippen LogP contribution in [-0.2, 0) is 0 Å². The molecule has 0 aliphatic carbocycles. The number of likely N-dealkylation sites (tertiary alicyclic amines) is 1. The SMILES string of the molecule is O=C(O)N1CCC(CO)C(c2ccc(F)cc2)C1. The fraction of sp³-hybridized carbons (Fsp3) is 0.462. The Kier molecular flexibility index (Phi) is 3.81. The fourth-order valence-corrected chi connectivity index (χ4v) is 2.48. The average Bonchev–Trinajstić information content (AvgIpc) is 2.39. The zero-order chi connectivity index (χ0) is 13.1. The monoisotopic (exact) mass is 253 g/mol. The highest BCUT2D eigenvalue weighted by molar-refractivity contribution is 5.65. The lowest BCUT2D eigenvalue weighted by Crippen LogP contribution is -2.43. The summed E-state index contributed by atoms with van der Waals surface area (Å²) >= 11 is 0. The molecule has 0 aromatic heterocycles. The first-order valence-electron chi connectivity index (χ1n) is 5.96. The van der Waals surface area contributed by atoms with Gasteiger partial charge in [-0.1, -0.05) is 12.1 Å². The molecule has 4 nitrogen and oxygen atoms in total. The first-order valence-corrected chi connectivity index (χ1v) is 5.96. The Balaban J connectivity index is 2.20. The molecule has 18 heavy (non-hydrogen) atoms. The molecule has 1 aliphatic heterocycles. The normalized spacial score (nSPS) is 24.0. The van der Waals surface area contributed by atoms with E-state index in [1.165, 1.54) is 17.0 Å². The van der Waals surface area contributed by atoms with Crippen molar-refractivity contribution < 1.29 is 19.4 Å². The van der Waals surface area contributed by atoms with Crippen molar-refractivity contribution in [3.05, 3.63) is 35.6 Å². The Morgan fingerprint density at radius 2 is 2.06 bits per heavy atom. The summed E-state index contributed by atoms with van der Waals surface area (Å²) in [4.78, 5) is 12.3. The topological polar surface area (TPSA) is 60.8 Å². The molecule has 0 radical (unpaired) electrons. The summed E-state index contributed by atoms with van der Waals surface area (Å²) in [6.07, 6.45) is -0.316. The molecule has 1 heterocycles. The lowest BCUT2D eigenvalue weighted by molar-refractivity contribution is 0.0938. The van der Waals surface area contributed by atoms with Crippen molar-refractivity contribution in [2.45, 2.75) is 12.3 Å². The first kappa shape index (κ1) is 12.8. The van der Waals surface area contributed by atoms with E-state index in [1.54, 1.807) is 12.1 Å². The highest BCUT2D eigenvalue weighted by Gasteiger charge is 2.31. The number of hydrogen-bond acceptors (Lipinski definition) is 2. The van der Waals surface area contributed by atoms with Gasteiger partial charge >= 0.3 is 6.09 Å². The van der Waals surface area contributed by atoms with Crippen LogP contribution in [0, 0.1) is 11.7 Å². The molecule has 98 valence electrons. The van der Waals surface area contributed by atoms with Crippen molar-refractivity contribution in [3.8, 4) is 0 Å². The third-order valence-electron chi connectivity index (χ3n) is 3.56. The van der Waals surface area contributed by atoms with E-state index in [0.29, 0.717) is 19.5 Å². The second-order valence-corrected chi connectivity index (χ2v) is 4.62. The summed E-state index contributed by atoms with van der Waals surface area (Å²) in [5, 5.41) is 18.4. The van der Waals surface area contributed by atoms with Gasteiger partial charge in [-0.15, -0.1) is 0 Å². The molecular weight excluding hydrogens is 237 g/mol. The largest absolute Gasteiger partial charge is 0.465 e. The Bertz CT molecular complexity index is 421. The van der Waals surface area contributed by atoms with E-state index in [4.69, 9.17) is 5.11 Å². The molecule has 1 aliphatic rings. The Labute approximate surface area is 105 Å². The van der Waals surface area contributed by atoms with E-state index < -0.39 is 6.09 Å². The standard InChI is InChI=1S/C13H16FNO3/c14-11-3-1-9(2-4-11)12-7-15(13(17)18)6-5-10(12)8-16/h1-4,10,12,16H,5-8H2,(H,17,18). The van der Waals surface area contributed by atoms with E-state index in [2.05, 4.69) is 0 Å². The van der Waals surface area contributed by atoms with Gasteiger partial charge in [0.05, 0.1) is 0 Å². The maximum absolute atomic E-state index is 12.9. The molecule has 1 saturated heterocycles. The highest BCUT2D eigenvalue weighted by atomic mass is 19.1. The number of carbonyl (C=O) groups is 1. The molecule has 2 unspecified atom stereocenters. The van der Waals surface area contributed by atoms with E-state index in [0.717, 1.165) is 5.56 Å².